The third-order valence-electron chi connectivity index (χ3n) is 5.09. The number of pyridine rings is 1. The van der Waals surface area contributed by atoms with Crippen LogP contribution in [0.4, 0.5) is 5.69 Å². The van der Waals surface area contributed by atoms with Gasteiger partial charge in [0, 0.05) is 24.5 Å². The number of amides is 1. The maximum Gasteiger partial charge on any atom is 0.438 e. The van der Waals surface area contributed by atoms with Gasteiger partial charge in [0.1, 0.15) is 5.70 Å². The highest BCUT2D eigenvalue weighted by molar-refractivity contribution is 8.14. The number of benzene rings is 2. The highest BCUT2D eigenvalue weighted by atomic mass is 32.2. The van der Waals surface area contributed by atoms with Crippen LogP contribution in [-0.4, -0.2) is 32.9 Å². The predicted octanol–water partition coefficient (Wildman–Crippen LogP) is 3.00. The zero-order valence-electron chi connectivity index (χ0n) is 18.2. The Hall–Kier alpha value is -4.57. The maximum absolute atomic E-state index is 13.2. The van der Waals surface area contributed by atoms with Crippen molar-refractivity contribution >= 4 is 40.4 Å². The van der Waals surface area contributed by atoms with Crippen molar-refractivity contribution in [2.24, 2.45) is 4.99 Å². The van der Waals surface area contributed by atoms with Gasteiger partial charge in [0.2, 0.25) is 11.5 Å². The van der Waals surface area contributed by atoms with E-state index < -0.39 is 11.4 Å². The average Bonchev–Trinajstić information content (AvgIpc) is 3.43. The Morgan fingerprint density at radius 3 is 2.49 bits per heavy atom. The second-order valence-electron chi connectivity index (χ2n) is 7.40. The van der Waals surface area contributed by atoms with Crippen LogP contribution in [0.2, 0.25) is 0 Å². The lowest BCUT2D eigenvalue weighted by Crippen LogP contribution is -2.41. The quantitative estimate of drug-likeness (QED) is 0.256. The summed E-state index contributed by atoms with van der Waals surface area (Å²) < 4.78 is 6.18. The van der Waals surface area contributed by atoms with E-state index in [0.29, 0.717) is 16.5 Å². The molecule has 2 aromatic heterocycles. The summed E-state index contributed by atoms with van der Waals surface area (Å²) in [6.07, 6.45) is 4.92. The highest BCUT2D eigenvalue weighted by Gasteiger charge is 2.35. The minimum absolute atomic E-state index is 0.134. The number of H-pyrrole nitrogens is 1. The number of Topliss-reactive ketones (excluding diaryl/α,β-unsaturated/α-hetero) is 1. The molecule has 0 bridgehead atoms. The van der Waals surface area contributed by atoms with Crippen molar-refractivity contribution in [1.29, 1.82) is 0 Å². The SMILES string of the molecule is O=C(CSC1=N/C(=C/c2cccnc2)C(=O)N1c1ccccc1)c1c(=O)o[nH][n+]1-c1ccccc1. The summed E-state index contributed by atoms with van der Waals surface area (Å²) >= 11 is 1.07. The smallest absolute Gasteiger partial charge is 0.286 e. The van der Waals surface area contributed by atoms with Crippen LogP contribution in [0.1, 0.15) is 16.1 Å². The molecule has 1 aliphatic heterocycles. The number of para-hydroxylation sites is 2. The summed E-state index contributed by atoms with van der Waals surface area (Å²) in [5, 5.41) is 2.79. The number of anilines is 1. The highest BCUT2D eigenvalue weighted by Crippen LogP contribution is 2.29. The second kappa shape index (κ2) is 9.74. The molecule has 4 aromatic rings. The molecule has 0 radical (unpaired) electrons. The molecule has 0 saturated carbocycles. The van der Waals surface area contributed by atoms with Crippen LogP contribution in [0.15, 0.2) is 105 Å². The molecule has 2 aromatic carbocycles. The first-order chi connectivity index (χ1) is 17.1. The third-order valence-corrected chi connectivity index (χ3v) is 6.03. The van der Waals surface area contributed by atoms with Gasteiger partial charge < -0.3 is 0 Å². The number of ketones is 1. The van der Waals surface area contributed by atoms with E-state index in [-0.39, 0.29) is 23.1 Å². The number of nitrogens with one attached hydrogen (secondary N) is 1. The number of rotatable bonds is 6. The minimum Gasteiger partial charge on any atom is -0.286 e. The van der Waals surface area contributed by atoms with E-state index in [1.165, 1.54) is 9.58 Å². The van der Waals surface area contributed by atoms with Gasteiger partial charge in [0.05, 0.1) is 11.4 Å². The Morgan fingerprint density at radius 2 is 1.77 bits per heavy atom. The fourth-order valence-corrected chi connectivity index (χ4v) is 4.36. The Morgan fingerprint density at radius 1 is 1.03 bits per heavy atom. The molecular weight excluding hydrogens is 466 g/mol. The molecule has 5 rings (SSSR count). The Bertz CT molecular complexity index is 1500. The van der Waals surface area contributed by atoms with Crippen molar-refractivity contribution in [3.63, 3.8) is 0 Å². The van der Waals surface area contributed by atoms with Crippen LogP contribution in [0, 0.1) is 0 Å². The Balaban J connectivity index is 1.44. The number of hydrogen-bond acceptors (Lipinski definition) is 7. The molecule has 0 unspecified atom stereocenters. The molecule has 0 saturated heterocycles. The van der Waals surface area contributed by atoms with Gasteiger partial charge in [-0.05, 0) is 39.8 Å². The summed E-state index contributed by atoms with van der Waals surface area (Å²) in [7, 11) is 0. The number of nitrogens with zero attached hydrogens (tertiary/aromatic N) is 4. The fraction of sp³-hybridized carbons (Fsp3) is 0.0400. The molecule has 1 amide bonds. The van der Waals surface area contributed by atoms with Gasteiger partial charge in [-0.3, -0.25) is 24.0 Å². The third kappa shape index (κ3) is 4.59. The zero-order valence-corrected chi connectivity index (χ0v) is 19.0. The van der Waals surface area contributed by atoms with Crippen LogP contribution in [0.5, 0.6) is 0 Å². The second-order valence-corrected chi connectivity index (χ2v) is 8.34. The van der Waals surface area contributed by atoms with Crippen molar-refractivity contribution < 1.29 is 18.8 Å². The van der Waals surface area contributed by atoms with E-state index >= 15 is 0 Å². The summed E-state index contributed by atoms with van der Waals surface area (Å²) in [6.45, 7) is 0. The van der Waals surface area contributed by atoms with E-state index in [1.807, 2.05) is 30.3 Å². The van der Waals surface area contributed by atoms with E-state index in [2.05, 4.69) is 15.2 Å². The van der Waals surface area contributed by atoms with Gasteiger partial charge in [-0.1, -0.05) is 54.2 Å². The van der Waals surface area contributed by atoms with Gasteiger partial charge in [-0.25, -0.2) is 9.79 Å². The number of aliphatic imine (C=N–C) groups is 1. The lowest BCUT2D eigenvalue weighted by atomic mass is 10.2. The number of aromatic amines is 1. The van der Waals surface area contributed by atoms with Crippen LogP contribution < -0.4 is 15.2 Å². The summed E-state index contributed by atoms with van der Waals surface area (Å²) in [4.78, 5) is 48.6. The monoisotopic (exact) mass is 484 g/mol. The molecule has 3 heterocycles. The van der Waals surface area contributed by atoms with Crippen LogP contribution in [0.25, 0.3) is 11.8 Å². The molecule has 1 aliphatic rings. The molecule has 0 fully saturated rings. The first-order valence-corrected chi connectivity index (χ1v) is 11.6. The van der Waals surface area contributed by atoms with Crippen molar-refractivity contribution in [1.82, 2.24) is 10.3 Å². The van der Waals surface area contributed by atoms with Gasteiger partial charge in [0.25, 0.3) is 5.91 Å². The van der Waals surface area contributed by atoms with Crippen LogP contribution >= 0.6 is 11.8 Å². The molecule has 1 N–H and O–H groups in total. The Kier molecular flexibility index (Phi) is 6.18. The van der Waals surface area contributed by atoms with Gasteiger partial charge in [-0.2, -0.15) is 0 Å². The van der Waals surface area contributed by atoms with Crippen molar-refractivity contribution in [2.45, 2.75) is 0 Å². The molecule has 0 spiro atoms. The molecule has 10 heteroatoms. The van der Waals surface area contributed by atoms with Gasteiger partial charge in [-0.15, -0.1) is 0 Å². The van der Waals surface area contributed by atoms with Crippen molar-refractivity contribution in [3.05, 3.63) is 113 Å². The van der Waals surface area contributed by atoms with Crippen molar-refractivity contribution in [3.8, 4) is 5.69 Å². The normalized spacial score (nSPS) is 14.4. The largest absolute Gasteiger partial charge is 0.438 e. The Labute approximate surface area is 203 Å². The van der Waals surface area contributed by atoms with Gasteiger partial charge in [0.15, 0.2) is 5.17 Å². The zero-order chi connectivity index (χ0) is 24.2. The van der Waals surface area contributed by atoms with E-state index in [1.54, 1.807) is 60.9 Å². The topological polar surface area (TPSA) is 113 Å². The van der Waals surface area contributed by atoms with Crippen molar-refractivity contribution in [2.75, 3.05) is 10.7 Å². The summed E-state index contributed by atoms with van der Waals surface area (Å²) in [5.74, 6) is -0.928. The molecule has 0 atom stereocenters. The first-order valence-electron chi connectivity index (χ1n) is 10.6. The first kappa shape index (κ1) is 22.2. The van der Waals surface area contributed by atoms with Crippen LogP contribution in [-0.2, 0) is 4.79 Å². The molecule has 172 valence electrons. The van der Waals surface area contributed by atoms with E-state index in [9.17, 15) is 14.4 Å². The standard InChI is InChI=1S/C25H17N5O4S/c31-21(22-24(33)34-28-30(22)19-11-5-2-6-12-19)16-35-25-27-20(14-17-8-7-13-26-15-17)23(32)29(25)18-9-3-1-4-10-18/h1-15H,16H2/p+1/b20-14+. The predicted molar refractivity (Wildman–Crippen MR) is 131 cm³/mol. The summed E-state index contributed by atoms with van der Waals surface area (Å²) in [6, 6.07) is 21.5. The van der Waals surface area contributed by atoms with Gasteiger partial charge >= 0.3 is 11.3 Å². The fourth-order valence-electron chi connectivity index (χ4n) is 3.49. The van der Waals surface area contributed by atoms with E-state index in [0.717, 1.165) is 17.3 Å². The number of thioether (sulfide) groups is 1. The van der Waals surface area contributed by atoms with Crippen LogP contribution in [0.3, 0.4) is 0 Å². The maximum atomic E-state index is 13.2. The molecule has 9 nitrogen and oxygen atoms in total. The lowest BCUT2D eigenvalue weighted by molar-refractivity contribution is -0.672. The molecular formula is C25H18N5O4S+. The number of amidine groups is 1. The van der Waals surface area contributed by atoms with E-state index in [4.69, 9.17) is 4.52 Å². The molecule has 35 heavy (non-hydrogen) atoms. The number of aromatic nitrogens is 3. The summed E-state index contributed by atoms with van der Waals surface area (Å²) in [5.41, 5.74) is 1.21. The number of carbonyl (C=O) groups is 2. The lowest BCUT2D eigenvalue weighted by Gasteiger charge is -2.17. The molecule has 0 aliphatic carbocycles. The number of hydrogen-bond donors (Lipinski definition) is 1. The minimum atomic E-state index is -0.777. The average molecular weight is 485 g/mol. The number of carbonyl (C=O) groups excluding carboxylic acids is 2.